The standard InChI is InChI=1S/C22H36N4O3/c1-3-27-13-14-29-18-20-6-4-5-19(15-20)16-24-22(23-2)26-8-7-21(17-26)25-9-11-28-12-10-25/h4-6,15,21H,3,7-14,16-18H2,1-2H3,(H,23,24). The first kappa shape index (κ1) is 22.0. The largest absolute Gasteiger partial charge is 0.379 e. The second kappa shape index (κ2) is 12.1. The lowest BCUT2D eigenvalue weighted by atomic mass is 10.1. The Kier molecular flexibility index (Phi) is 9.21. The van der Waals surface area contributed by atoms with Crippen LogP contribution in [0.1, 0.15) is 24.5 Å². The van der Waals surface area contributed by atoms with Gasteiger partial charge < -0.3 is 24.4 Å². The number of likely N-dealkylation sites (tertiary alicyclic amines) is 1. The van der Waals surface area contributed by atoms with Crippen LogP contribution in [-0.4, -0.2) is 88.1 Å². The summed E-state index contributed by atoms with van der Waals surface area (Å²) in [7, 11) is 1.87. The monoisotopic (exact) mass is 404 g/mol. The van der Waals surface area contributed by atoms with Gasteiger partial charge in [-0.3, -0.25) is 9.89 Å². The third-order valence-corrected chi connectivity index (χ3v) is 5.52. The fourth-order valence-electron chi connectivity index (χ4n) is 3.97. The van der Waals surface area contributed by atoms with Gasteiger partial charge in [-0.25, -0.2) is 0 Å². The van der Waals surface area contributed by atoms with Crippen molar-refractivity contribution in [2.45, 2.75) is 32.5 Å². The van der Waals surface area contributed by atoms with Gasteiger partial charge in [0.2, 0.25) is 0 Å². The Hall–Kier alpha value is -1.67. The molecule has 1 aromatic carbocycles. The number of ether oxygens (including phenoxy) is 3. The van der Waals surface area contributed by atoms with E-state index < -0.39 is 0 Å². The van der Waals surface area contributed by atoms with Crippen LogP contribution in [0.25, 0.3) is 0 Å². The lowest BCUT2D eigenvalue weighted by Gasteiger charge is -2.32. The van der Waals surface area contributed by atoms with Gasteiger partial charge in [0.15, 0.2) is 5.96 Å². The number of hydrogen-bond acceptors (Lipinski definition) is 5. The summed E-state index contributed by atoms with van der Waals surface area (Å²) in [4.78, 5) is 9.45. The molecule has 0 aliphatic carbocycles. The SMILES string of the molecule is CCOCCOCc1cccc(CNC(=NC)N2CCC(N3CCOCC3)C2)c1. The first-order valence-corrected chi connectivity index (χ1v) is 10.8. The van der Waals surface area contributed by atoms with E-state index in [-0.39, 0.29) is 0 Å². The van der Waals surface area contributed by atoms with Gasteiger partial charge in [0.25, 0.3) is 0 Å². The van der Waals surface area contributed by atoms with E-state index in [0.29, 0.717) is 25.9 Å². The van der Waals surface area contributed by atoms with Crippen molar-refractivity contribution in [3.8, 4) is 0 Å². The molecule has 0 saturated carbocycles. The smallest absolute Gasteiger partial charge is 0.193 e. The van der Waals surface area contributed by atoms with E-state index >= 15 is 0 Å². The van der Waals surface area contributed by atoms with Crippen molar-refractivity contribution in [2.24, 2.45) is 4.99 Å². The molecule has 1 aromatic rings. The molecule has 0 radical (unpaired) electrons. The van der Waals surface area contributed by atoms with Crippen LogP contribution in [0, 0.1) is 0 Å². The highest BCUT2D eigenvalue weighted by molar-refractivity contribution is 5.80. The maximum absolute atomic E-state index is 5.68. The van der Waals surface area contributed by atoms with Crippen molar-refractivity contribution >= 4 is 5.96 Å². The summed E-state index contributed by atoms with van der Waals surface area (Å²) in [5.41, 5.74) is 2.42. The number of nitrogens with one attached hydrogen (secondary N) is 1. The van der Waals surface area contributed by atoms with Gasteiger partial charge in [0, 0.05) is 52.4 Å². The molecule has 29 heavy (non-hydrogen) atoms. The van der Waals surface area contributed by atoms with Crippen molar-refractivity contribution in [3.63, 3.8) is 0 Å². The number of benzene rings is 1. The highest BCUT2D eigenvalue weighted by atomic mass is 16.5. The van der Waals surface area contributed by atoms with Crippen LogP contribution in [0.15, 0.2) is 29.3 Å². The van der Waals surface area contributed by atoms with Gasteiger partial charge in [-0.1, -0.05) is 24.3 Å². The Morgan fingerprint density at radius 3 is 2.76 bits per heavy atom. The van der Waals surface area contributed by atoms with Crippen molar-refractivity contribution < 1.29 is 14.2 Å². The van der Waals surface area contributed by atoms with E-state index in [9.17, 15) is 0 Å². The maximum Gasteiger partial charge on any atom is 0.193 e. The zero-order chi connectivity index (χ0) is 20.3. The summed E-state index contributed by atoms with van der Waals surface area (Å²) >= 11 is 0. The van der Waals surface area contributed by atoms with Gasteiger partial charge in [0.05, 0.1) is 33.0 Å². The molecule has 2 aliphatic heterocycles. The predicted molar refractivity (Wildman–Crippen MR) is 115 cm³/mol. The van der Waals surface area contributed by atoms with Gasteiger partial charge >= 0.3 is 0 Å². The lowest BCUT2D eigenvalue weighted by Crippen LogP contribution is -2.46. The summed E-state index contributed by atoms with van der Waals surface area (Å²) in [6.07, 6.45) is 1.19. The molecule has 2 heterocycles. The third-order valence-electron chi connectivity index (χ3n) is 5.52. The molecular formula is C22H36N4O3. The number of nitrogens with zero attached hydrogens (tertiary/aromatic N) is 3. The van der Waals surface area contributed by atoms with Gasteiger partial charge in [-0.05, 0) is 24.5 Å². The minimum atomic E-state index is 0.606. The van der Waals surface area contributed by atoms with E-state index in [1.165, 1.54) is 17.5 Å². The van der Waals surface area contributed by atoms with E-state index in [1.807, 2.05) is 14.0 Å². The minimum absolute atomic E-state index is 0.606. The molecule has 2 saturated heterocycles. The maximum atomic E-state index is 5.68. The fourth-order valence-corrected chi connectivity index (χ4v) is 3.97. The van der Waals surface area contributed by atoms with Crippen LogP contribution in [0.2, 0.25) is 0 Å². The molecule has 2 fully saturated rings. The van der Waals surface area contributed by atoms with Crippen LogP contribution in [0.4, 0.5) is 0 Å². The summed E-state index contributed by atoms with van der Waals surface area (Å²) in [6, 6.07) is 9.14. The molecule has 0 amide bonds. The lowest BCUT2D eigenvalue weighted by molar-refractivity contribution is 0.0195. The zero-order valence-corrected chi connectivity index (χ0v) is 17.9. The topological polar surface area (TPSA) is 58.6 Å². The van der Waals surface area contributed by atoms with Crippen molar-refractivity contribution in [2.75, 3.05) is 66.3 Å². The molecular weight excluding hydrogens is 368 g/mol. The highest BCUT2D eigenvalue weighted by Gasteiger charge is 2.30. The number of hydrogen-bond donors (Lipinski definition) is 1. The first-order valence-electron chi connectivity index (χ1n) is 10.8. The fraction of sp³-hybridized carbons (Fsp3) is 0.682. The quantitative estimate of drug-likeness (QED) is 0.384. The molecule has 7 heteroatoms. The van der Waals surface area contributed by atoms with E-state index in [0.717, 1.165) is 58.5 Å². The van der Waals surface area contributed by atoms with Crippen LogP contribution >= 0.6 is 0 Å². The second-order valence-electron chi connectivity index (χ2n) is 7.51. The normalized spacial score (nSPS) is 21.0. The van der Waals surface area contributed by atoms with Crippen molar-refractivity contribution in [1.82, 2.24) is 15.1 Å². The van der Waals surface area contributed by atoms with Crippen LogP contribution in [0.3, 0.4) is 0 Å². The Morgan fingerprint density at radius 2 is 1.97 bits per heavy atom. The molecule has 0 spiro atoms. The van der Waals surface area contributed by atoms with Crippen LogP contribution in [0.5, 0.6) is 0 Å². The van der Waals surface area contributed by atoms with Crippen molar-refractivity contribution in [3.05, 3.63) is 35.4 Å². The minimum Gasteiger partial charge on any atom is -0.379 e. The predicted octanol–water partition coefficient (Wildman–Crippen LogP) is 1.72. The van der Waals surface area contributed by atoms with Gasteiger partial charge in [-0.15, -0.1) is 0 Å². The number of rotatable bonds is 9. The molecule has 2 aliphatic rings. The number of morpholine rings is 1. The Labute approximate surface area is 175 Å². The van der Waals surface area contributed by atoms with Crippen LogP contribution in [-0.2, 0) is 27.4 Å². The summed E-state index contributed by atoms with van der Waals surface area (Å²) in [5, 5.41) is 3.53. The summed E-state index contributed by atoms with van der Waals surface area (Å²) in [6.45, 7) is 11.3. The molecule has 1 unspecified atom stereocenters. The Morgan fingerprint density at radius 1 is 1.17 bits per heavy atom. The van der Waals surface area contributed by atoms with Crippen LogP contribution < -0.4 is 5.32 Å². The van der Waals surface area contributed by atoms with Gasteiger partial charge in [-0.2, -0.15) is 0 Å². The van der Waals surface area contributed by atoms with E-state index in [1.54, 1.807) is 0 Å². The number of aliphatic imine (C=N–C) groups is 1. The molecule has 1 atom stereocenters. The molecule has 162 valence electrons. The molecule has 0 bridgehead atoms. The van der Waals surface area contributed by atoms with Crippen molar-refractivity contribution in [1.29, 1.82) is 0 Å². The highest BCUT2D eigenvalue weighted by Crippen LogP contribution is 2.17. The molecule has 7 nitrogen and oxygen atoms in total. The average Bonchev–Trinajstić information content (AvgIpc) is 3.25. The Balaban J connectivity index is 1.44. The van der Waals surface area contributed by atoms with E-state index in [2.05, 4.69) is 44.4 Å². The summed E-state index contributed by atoms with van der Waals surface area (Å²) in [5.74, 6) is 0.985. The van der Waals surface area contributed by atoms with E-state index in [4.69, 9.17) is 14.2 Å². The van der Waals surface area contributed by atoms with Gasteiger partial charge in [0.1, 0.15) is 0 Å². The molecule has 3 rings (SSSR count). The second-order valence-corrected chi connectivity index (χ2v) is 7.51. The zero-order valence-electron chi connectivity index (χ0n) is 17.9. The summed E-state index contributed by atoms with van der Waals surface area (Å²) < 4.78 is 16.5. The molecule has 1 N–H and O–H groups in total. The first-order chi connectivity index (χ1) is 14.3. The number of guanidine groups is 1. The molecule has 0 aromatic heterocycles. The Bertz CT molecular complexity index is 634. The third kappa shape index (κ3) is 6.96. The average molecular weight is 405 g/mol.